The fraction of sp³-hybridized carbons (Fsp3) is 0.714. The van der Waals surface area contributed by atoms with E-state index in [2.05, 4.69) is 22.2 Å². The predicted octanol–water partition coefficient (Wildman–Crippen LogP) is 2.59. The van der Waals surface area contributed by atoms with Gasteiger partial charge in [-0.05, 0) is 33.6 Å². The van der Waals surface area contributed by atoms with Gasteiger partial charge in [0.1, 0.15) is 17.7 Å². The highest BCUT2D eigenvalue weighted by molar-refractivity contribution is 5.39. The van der Waals surface area contributed by atoms with Crippen molar-refractivity contribution in [2.45, 2.75) is 45.6 Å². The second-order valence-corrected chi connectivity index (χ2v) is 4.84. The molecule has 1 N–H and O–H groups in total. The van der Waals surface area contributed by atoms with Crippen LogP contribution in [0.25, 0.3) is 0 Å². The predicted molar refractivity (Wildman–Crippen MR) is 74.8 cm³/mol. The molecular formula is C14H23N3O2. The van der Waals surface area contributed by atoms with Crippen molar-refractivity contribution in [2.75, 3.05) is 25.1 Å². The van der Waals surface area contributed by atoms with Crippen molar-refractivity contribution >= 4 is 5.82 Å². The van der Waals surface area contributed by atoms with Crippen molar-refractivity contribution in [2.24, 2.45) is 0 Å². The molecule has 5 heteroatoms. The van der Waals surface area contributed by atoms with E-state index in [1.807, 2.05) is 19.9 Å². The molecule has 0 spiro atoms. The largest absolute Gasteiger partial charge is 0.472 e. The normalized spacial score (nSPS) is 16.2. The SMILES string of the molecule is CCNc1cc(OC(C)COCC)nc(C2CC2)n1. The lowest BCUT2D eigenvalue weighted by atomic mass is 10.3. The minimum absolute atomic E-state index is 0.00335. The first-order valence-electron chi connectivity index (χ1n) is 7.10. The maximum Gasteiger partial charge on any atom is 0.219 e. The summed E-state index contributed by atoms with van der Waals surface area (Å²) in [5.41, 5.74) is 0. The van der Waals surface area contributed by atoms with Gasteiger partial charge in [-0.3, -0.25) is 0 Å². The topological polar surface area (TPSA) is 56.3 Å². The minimum Gasteiger partial charge on any atom is -0.472 e. The Morgan fingerprint density at radius 2 is 2.16 bits per heavy atom. The average Bonchev–Trinajstić information content (AvgIpc) is 3.20. The van der Waals surface area contributed by atoms with E-state index in [1.165, 1.54) is 12.8 Å². The standard InChI is InChI=1S/C14H23N3O2/c1-4-15-12-8-13(19-10(3)9-18-5-2)17-14(16-12)11-6-7-11/h8,10-11H,4-7,9H2,1-3H3,(H,15,16,17). The van der Waals surface area contributed by atoms with E-state index in [9.17, 15) is 0 Å². The van der Waals surface area contributed by atoms with Gasteiger partial charge in [-0.15, -0.1) is 0 Å². The van der Waals surface area contributed by atoms with Crippen LogP contribution in [0.15, 0.2) is 6.07 Å². The van der Waals surface area contributed by atoms with Gasteiger partial charge in [0, 0.05) is 25.1 Å². The Morgan fingerprint density at radius 1 is 1.37 bits per heavy atom. The molecule has 1 unspecified atom stereocenters. The van der Waals surface area contributed by atoms with Crippen LogP contribution in [0.4, 0.5) is 5.82 Å². The molecule has 0 aliphatic heterocycles. The van der Waals surface area contributed by atoms with E-state index in [-0.39, 0.29) is 6.10 Å². The molecule has 1 aromatic rings. The van der Waals surface area contributed by atoms with E-state index in [4.69, 9.17) is 9.47 Å². The minimum atomic E-state index is -0.00335. The Kier molecular flexibility index (Phi) is 4.96. The Hall–Kier alpha value is -1.36. The number of nitrogens with one attached hydrogen (secondary N) is 1. The summed E-state index contributed by atoms with van der Waals surface area (Å²) >= 11 is 0. The third kappa shape index (κ3) is 4.35. The summed E-state index contributed by atoms with van der Waals surface area (Å²) in [6.45, 7) is 8.14. The molecule has 0 aromatic carbocycles. The van der Waals surface area contributed by atoms with Gasteiger partial charge in [-0.1, -0.05) is 0 Å². The highest BCUT2D eigenvalue weighted by Crippen LogP contribution is 2.39. The summed E-state index contributed by atoms with van der Waals surface area (Å²) in [6.07, 6.45) is 2.36. The molecule has 5 nitrogen and oxygen atoms in total. The van der Waals surface area contributed by atoms with Crippen molar-refractivity contribution < 1.29 is 9.47 Å². The number of nitrogens with zero attached hydrogens (tertiary/aromatic N) is 2. The van der Waals surface area contributed by atoms with Gasteiger partial charge in [0.15, 0.2) is 0 Å². The first-order chi connectivity index (χ1) is 9.22. The van der Waals surface area contributed by atoms with E-state index in [0.29, 0.717) is 25.0 Å². The lowest BCUT2D eigenvalue weighted by Gasteiger charge is -2.15. The van der Waals surface area contributed by atoms with E-state index in [1.54, 1.807) is 0 Å². The number of hydrogen-bond acceptors (Lipinski definition) is 5. The molecule has 1 heterocycles. The molecule has 0 amide bonds. The summed E-state index contributed by atoms with van der Waals surface area (Å²) in [5.74, 6) is 2.90. The van der Waals surface area contributed by atoms with Gasteiger partial charge in [-0.25, -0.2) is 4.98 Å². The Labute approximate surface area is 114 Å². The van der Waals surface area contributed by atoms with Crippen LogP contribution in [-0.2, 0) is 4.74 Å². The maximum atomic E-state index is 5.81. The summed E-state index contributed by atoms with van der Waals surface area (Å²) in [7, 11) is 0. The van der Waals surface area contributed by atoms with Crippen LogP contribution in [0.5, 0.6) is 5.88 Å². The van der Waals surface area contributed by atoms with Crippen molar-refractivity contribution in [3.05, 3.63) is 11.9 Å². The second-order valence-electron chi connectivity index (χ2n) is 4.84. The molecule has 1 aliphatic rings. The number of aromatic nitrogens is 2. The van der Waals surface area contributed by atoms with Gasteiger partial charge >= 0.3 is 0 Å². The van der Waals surface area contributed by atoms with Gasteiger partial charge in [0.05, 0.1) is 6.61 Å². The molecule has 0 radical (unpaired) electrons. The zero-order valence-corrected chi connectivity index (χ0v) is 12.0. The zero-order chi connectivity index (χ0) is 13.7. The fourth-order valence-electron chi connectivity index (χ4n) is 1.82. The quantitative estimate of drug-likeness (QED) is 0.783. The molecule has 0 bridgehead atoms. The molecule has 19 heavy (non-hydrogen) atoms. The van der Waals surface area contributed by atoms with Crippen molar-refractivity contribution in [1.29, 1.82) is 0 Å². The first kappa shape index (κ1) is 14.1. The van der Waals surface area contributed by atoms with Crippen molar-refractivity contribution in [1.82, 2.24) is 9.97 Å². The Morgan fingerprint density at radius 3 is 2.79 bits per heavy atom. The van der Waals surface area contributed by atoms with Crippen LogP contribution < -0.4 is 10.1 Å². The summed E-state index contributed by atoms with van der Waals surface area (Å²) in [6, 6.07) is 1.86. The van der Waals surface area contributed by atoms with Crippen LogP contribution >= 0.6 is 0 Å². The highest BCUT2D eigenvalue weighted by Gasteiger charge is 2.27. The van der Waals surface area contributed by atoms with E-state index < -0.39 is 0 Å². The van der Waals surface area contributed by atoms with Gasteiger partial charge < -0.3 is 14.8 Å². The van der Waals surface area contributed by atoms with Gasteiger partial charge in [0.25, 0.3) is 0 Å². The average molecular weight is 265 g/mol. The third-order valence-corrected chi connectivity index (χ3v) is 2.90. The van der Waals surface area contributed by atoms with E-state index in [0.717, 1.165) is 18.2 Å². The molecular weight excluding hydrogens is 242 g/mol. The molecule has 1 aliphatic carbocycles. The summed E-state index contributed by atoms with van der Waals surface area (Å²) in [5, 5.41) is 3.23. The van der Waals surface area contributed by atoms with Gasteiger partial charge in [-0.2, -0.15) is 4.98 Å². The van der Waals surface area contributed by atoms with Gasteiger partial charge in [0.2, 0.25) is 5.88 Å². The number of ether oxygens (including phenoxy) is 2. The van der Waals surface area contributed by atoms with Crippen LogP contribution in [-0.4, -0.2) is 35.8 Å². The van der Waals surface area contributed by atoms with E-state index >= 15 is 0 Å². The number of anilines is 1. The van der Waals surface area contributed by atoms with Crippen molar-refractivity contribution in [3.8, 4) is 5.88 Å². The number of hydrogen-bond donors (Lipinski definition) is 1. The molecule has 2 rings (SSSR count). The number of rotatable bonds is 8. The van der Waals surface area contributed by atoms with Crippen LogP contribution in [0.2, 0.25) is 0 Å². The smallest absolute Gasteiger partial charge is 0.219 e. The molecule has 1 aromatic heterocycles. The molecule has 0 saturated heterocycles. The monoisotopic (exact) mass is 265 g/mol. The lowest BCUT2D eigenvalue weighted by molar-refractivity contribution is 0.0632. The maximum absolute atomic E-state index is 5.81. The van der Waals surface area contributed by atoms with Crippen LogP contribution in [0.1, 0.15) is 45.4 Å². The Bertz CT molecular complexity index is 408. The molecule has 106 valence electrons. The summed E-state index contributed by atoms with van der Waals surface area (Å²) < 4.78 is 11.2. The van der Waals surface area contributed by atoms with Crippen molar-refractivity contribution in [3.63, 3.8) is 0 Å². The molecule has 1 saturated carbocycles. The first-order valence-corrected chi connectivity index (χ1v) is 7.10. The Balaban J connectivity index is 2.05. The molecule has 1 fully saturated rings. The zero-order valence-electron chi connectivity index (χ0n) is 12.0. The molecule has 1 atom stereocenters. The second kappa shape index (κ2) is 6.70. The van der Waals surface area contributed by atoms with Crippen LogP contribution in [0.3, 0.4) is 0 Å². The van der Waals surface area contributed by atoms with Crippen LogP contribution in [0, 0.1) is 0 Å². The summed E-state index contributed by atoms with van der Waals surface area (Å²) in [4.78, 5) is 9.02. The lowest BCUT2D eigenvalue weighted by Crippen LogP contribution is -2.20. The third-order valence-electron chi connectivity index (χ3n) is 2.90. The highest BCUT2D eigenvalue weighted by atomic mass is 16.5. The fourth-order valence-corrected chi connectivity index (χ4v) is 1.82.